The third-order valence-corrected chi connectivity index (χ3v) is 6.89. The Hall–Kier alpha value is -5.27. The van der Waals surface area contributed by atoms with E-state index in [1.165, 1.54) is 37.8 Å². The van der Waals surface area contributed by atoms with Gasteiger partial charge in [0.15, 0.2) is 0 Å². The summed E-state index contributed by atoms with van der Waals surface area (Å²) < 4.78 is 22.9. The van der Waals surface area contributed by atoms with Gasteiger partial charge in [-0.2, -0.15) is 14.9 Å². The number of anilines is 2. The van der Waals surface area contributed by atoms with E-state index in [-0.39, 0.29) is 16.8 Å². The van der Waals surface area contributed by atoms with Crippen LogP contribution >= 0.6 is 0 Å². The van der Waals surface area contributed by atoms with Gasteiger partial charge in [-0.15, -0.1) is 0 Å². The number of fused-ring (bicyclic) bond motifs is 1. The van der Waals surface area contributed by atoms with Crippen LogP contribution in [-0.2, 0) is 13.7 Å². The molecule has 0 aliphatic carbocycles. The van der Waals surface area contributed by atoms with Crippen LogP contribution in [0.2, 0.25) is 0 Å². The van der Waals surface area contributed by atoms with Gasteiger partial charge in [-0.25, -0.2) is 19.0 Å². The average molecular weight is 599 g/mol. The van der Waals surface area contributed by atoms with Crippen LogP contribution in [0.25, 0.3) is 33.3 Å². The van der Waals surface area contributed by atoms with Gasteiger partial charge in [0.2, 0.25) is 5.88 Å². The van der Waals surface area contributed by atoms with E-state index in [0.29, 0.717) is 58.2 Å². The average Bonchev–Trinajstić information content (AvgIpc) is 2.99. The molecule has 3 heterocycles. The fourth-order valence-corrected chi connectivity index (χ4v) is 4.59. The summed E-state index contributed by atoms with van der Waals surface area (Å²) in [6.07, 6.45) is 4.29. The summed E-state index contributed by atoms with van der Waals surface area (Å²) in [5.74, 6) is -0.0482. The Kier molecular flexibility index (Phi) is 8.60. The molecule has 226 valence electrons. The maximum Gasteiger partial charge on any atom is 0.290 e. The molecule has 0 bridgehead atoms. The van der Waals surface area contributed by atoms with E-state index in [0.717, 1.165) is 9.36 Å². The number of hydrogen-bond acceptors (Lipinski definition) is 10. The van der Waals surface area contributed by atoms with E-state index >= 15 is 4.39 Å². The highest BCUT2D eigenvalue weighted by Crippen LogP contribution is 2.29. The Morgan fingerprint density at radius 3 is 2.59 bits per heavy atom. The van der Waals surface area contributed by atoms with Crippen molar-refractivity contribution in [2.75, 3.05) is 32.6 Å². The smallest absolute Gasteiger partial charge is 0.290 e. The standard InChI is InChI=1S/C31H31FN8O4/c1-18(2)19-11-20-14-35-40(31(43)29(20)23(32)12-19)26-8-6-7-21(22(26)17-41)24-13-25(30(42)39(5)37-24)36-27-15-34-28(16-33-27)44-10-9-38(3)4/h6-8,11-16,41H,1,9-10,17H2,2-5H3,(H,33,36). The van der Waals surface area contributed by atoms with Gasteiger partial charge in [-0.05, 0) is 50.8 Å². The Morgan fingerprint density at radius 1 is 1.11 bits per heavy atom. The van der Waals surface area contributed by atoms with Crippen LogP contribution in [-0.4, -0.2) is 66.8 Å². The topological polar surface area (TPSA) is 140 Å². The Labute approximate surface area is 251 Å². The maximum atomic E-state index is 15.1. The molecule has 2 N–H and O–H groups in total. The number of ether oxygens (including phenoxy) is 1. The number of aryl methyl sites for hydroxylation is 1. The normalized spacial score (nSPS) is 11.2. The third-order valence-electron chi connectivity index (χ3n) is 6.89. The lowest BCUT2D eigenvalue weighted by Gasteiger charge is -2.16. The second kappa shape index (κ2) is 12.5. The number of benzene rings is 2. The molecule has 0 atom stereocenters. The lowest BCUT2D eigenvalue weighted by atomic mass is 10.0. The maximum absolute atomic E-state index is 15.1. The van der Waals surface area contributed by atoms with Gasteiger partial charge in [-0.3, -0.25) is 9.59 Å². The number of nitrogens with zero attached hydrogens (tertiary/aromatic N) is 7. The van der Waals surface area contributed by atoms with Crippen LogP contribution in [0.3, 0.4) is 0 Å². The molecular weight excluding hydrogens is 567 g/mol. The number of allylic oxidation sites excluding steroid dienone is 1. The number of hydrogen-bond donors (Lipinski definition) is 2. The molecule has 12 nitrogen and oxygen atoms in total. The second-order valence-corrected chi connectivity index (χ2v) is 10.4. The highest BCUT2D eigenvalue weighted by molar-refractivity contribution is 5.85. The number of halogens is 1. The van der Waals surface area contributed by atoms with Crippen molar-refractivity contribution in [3.63, 3.8) is 0 Å². The highest BCUT2D eigenvalue weighted by atomic mass is 19.1. The molecule has 0 spiro atoms. The Bertz CT molecular complexity index is 1990. The van der Waals surface area contributed by atoms with Crippen LogP contribution in [0.4, 0.5) is 15.9 Å². The van der Waals surface area contributed by atoms with Crippen molar-refractivity contribution in [3.05, 3.63) is 99.2 Å². The second-order valence-electron chi connectivity index (χ2n) is 10.4. The van der Waals surface area contributed by atoms with Crippen molar-refractivity contribution in [2.45, 2.75) is 13.5 Å². The third kappa shape index (κ3) is 6.09. The van der Waals surface area contributed by atoms with Crippen LogP contribution in [0.5, 0.6) is 5.88 Å². The van der Waals surface area contributed by atoms with Crippen molar-refractivity contribution in [1.82, 2.24) is 34.4 Å². The van der Waals surface area contributed by atoms with Gasteiger partial charge in [-0.1, -0.05) is 24.3 Å². The molecule has 0 radical (unpaired) electrons. The van der Waals surface area contributed by atoms with Gasteiger partial charge in [0.1, 0.15) is 23.9 Å². The van der Waals surface area contributed by atoms with Crippen molar-refractivity contribution in [1.29, 1.82) is 0 Å². The summed E-state index contributed by atoms with van der Waals surface area (Å²) in [5, 5.41) is 22.3. The SMILES string of the molecule is C=C(C)c1cc(F)c2c(=O)n(-c3cccc(-c4cc(Nc5cnc(OCCN(C)C)cn5)c(=O)n(C)n4)c3CO)ncc2c1. The van der Waals surface area contributed by atoms with Crippen LogP contribution in [0, 0.1) is 5.82 Å². The monoisotopic (exact) mass is 598 g/mol. The first-order valence-electron chi connectivity index (χ1n) is 13.6. The number of likely N-dealkylation sites (N-methyl/N-ethyl adjacent to an activating group) is 1. The summed E-state index contributed by atoms with van der Waals surface area (Å²) in [4.78, 5) is 36.9. The summed E-state index contributed by atoms with van der Waals surface area (Å²) in [6.45, 7) is 6.25. The summed E-state index contributed by atoms with van der Waals surface area (Å²) in [6, 6.07) is 9.37. The Morgan fingerprint density at radius 2 is 1.91 bits per heavy atom. The zero-order chi connectivity index (χ0) is 31.5. The quantitative estimate of drug-likeness (QED) is 0.246. The molecule has 0 saturated heterocycles. The minimum atomic E-state index is -0.699. The lowest BCUT2D eigenvalue weighted by molar-refractivity contribution is 0.253. The molecule has 0 aliphatic rings. The fourth-order valence-electron chi connectivity index (χ4n) is 4.59. The number of nitrogens with one attached hydrogen (secondary N) is 1. The molecule has 2 aromatic carbocycles. The molecule has 0 amide bonds. The molecule has 44 heavy (non-hydrogen) atoms. The predicted molar refractivity (Wildman–Crippen MR) is 166 cm³/mol. The Balaban J connectivity index is 1.52. The number of rotatable bonds is 10. The largest absolute Gasteiger partial charge is 0.475 e. The van der Waals surface area contributed by atoms with E-state index in [1.807, 2.05) is 19.0 Å². The molecular formula is C31H31FN8O4. The van der Waals surface area contributed by atoms with E-state index in [2.05, 4.69) is 32.1 Å². The van der Waals surface area contributed by atoms with Crippen molar-refractivity contribution in [3.8, 4) is 22.8 Å². The van der Waals surface area contributed by atoms with Crippen molar-refractivity contribution < 1.29 is 14.2 Å². The summed E-state index contributed by atoms with van der Waals surface area (Å²) in [5.41, 5.74) is 1.54. The van der Waals surface area contributed by atoms with Crippen LogP contribution in [0.1, 0.15) is 18.1 Å². The number of aromatic nitrogens is 6. The first-order valence-corrected chi connectivity index (χ1v) is 13.6. The summed E-state index contributed by atoms with van der Waals surface area (Å²) in [7, 11) is 5.36. The zero-order valence-corrected chi connectivity index (χ0v) is 24.7. The minimum Gasteiger partial charge on any atom is -0.475 e. The molecule has 0 fully saturated rings. The zero-order valence-electron chi connectivity index (χ0n) is 24.7. The van der Waals surface area contributed by atoms with Gasteiger partial charge in [0.25, 0.3) is 11.1 Å². The van der Waals surface area contributed by atoms with Crippen molar-refractivity contribution in [2.24, 2.45) is 7.05 Å². The first-order chi connectivity index (χ1) is 21.1. The number of aliphatic hydroxyl groups excluding tert-OH is 1. The van der Waals surface area contributed by atoms with Gasteiger partial charge < -0.3 is 20.1 Å². The summed E-state index contributed by atoms with van der Waals surface area (Å²) >= 11 is 0. The van der Waals surface area contributed by atoms with Crippen LogP contribution < -0.4 is 21.2 Å². The molecule has 0 saturated carbocycles. The lowest BCUT2D eigenvalue weighted by Crippen LogP contribution is -2.24. The van der Waals surface area contributed by atoms with E-state index < -0.39 is 23.5 Å². The minimum absolute atomic E-state index is 0.138. The van der Waals surface area contributed by atoms with E-state index in [9.17, 15) is 14.7 Å². The molecule has 3 aromatic heterocycles. The highest BCUT2D eigenvalue weighted by Gasteiger charge is 2.19. The molecule has 5 rings (SSSR count). The molecule has 5 aromatic rings. The molecule has 0 unspecified atom stereocenters. The van der Waals surface area contributed by atoms with Crippen LogP contribution in [0.15, 0.2) is 71.2 Å². The van der Waals surface area contributed by atoms with Crippen molar-refractivity contribution >= 4 is 27.9 Å². The first kappa shape index (κ1) is 30.2. The van der Waals surface area contributed by atoms with Gasteiger partial charge >= 0.3 is 0 Å². The predicted octanol–water partition coefficient (Wildman–Crippen LogP) is 3.28. The van der Waals surface area contributed by atoms with Gasteiger partial charge in [0, 0.05) is 30.1 Å². The van der Waals surface area contributed by atoms with Gasteiger partial charge in [0.05, 0.1) is 42.0 Å². The van der Waals surface area contributed by atoms with E-state index in [1.54, 1.807) is 31.2 Å². The van der Waals surface area contributed by atoms with E-state index in [4.69, 9.17) is 4.74 Å². The fraction of sp³-hybridized carbons (Fsp3) is 0.226. The molecule has 13 heteroatoms. The number of aliphatic hydroxyl groups is 1. The molecule has 0 aliphatic heterocycles.